The number of halogens is 1. The van der Waals surface area contributed by atoms with Gasteiger partial charge in [0.05, 0.1) is 5.69 Å². The second-order valence-corrected chi connectivity index (χ2v) is 5.90. The molecule has 0 atom stereocenters. The third-order valence-electron chi connectivity index (χ3n) is 3.23. The van der Waals surface area contributed by atoms with Crippen LogP contribution in [0.2, 0.25) is 0 Å². The van der Waals surface area contributed by atoms with E-state index in [4.69, 9.17) is 18.0 Å². The van der Waals surface area contributed by atoms with E-state index in [1.165, 1.54) is 19.3 Å². The first kappa shape index (κ1) is 13.5. The number of hydrogen-bond acceptors (Lipinski definition) is 2. The van der Waals surface area contributed by atoms with Gasteiger partial charge in [0.2, 0.25) is 5.91 Å². The fourth-order valence-electron chi connectivity index (χ4n) is 1.93. The van der Waals surface area contributed by atoms with Crippen molar-refractivity contribution in [2.45, 2.75) is 25.7 Å². The van der Waals surface area contributed by atoms with E-state index in [1.807, 2.05) is 18.2 Å². The molecule has 0 heterocycles. The number of benzene rings is 1. The molecule has 1 fully saturated rings. The van der Waals surface area contributed by atoms with Crippen LogP contribution in [0.15, 0.2) is 22.7 Å². The van der Waals surface area contributed by atoms with Crippen molar-refractivity contribution in [1.82, 2.24) is 0 Å². The number of amides is 1. The summed E-state index contributed by atoms with van der Waals surface area (Å²) < 4.78 is 0.801. The zero-order chi connectivity index (χ0) is 13.1. The van der Waals surface area contributed by atoms with Crippen LogP contribution in [-0.2, 0) is 4.79 Å². The van der Waals surface area contributed by atoms with Crippen molar-refractivity contribution in [3.63, 3.8) is 0 Å². The summed E-state index contributed by atoms with van der Waals surface area (Å²) in [7, 11) is 0. The summed E-state index contributed by atoms with van der Waals surface area (Å²) in [4.78, 5) is 12.2. The number of carbonyl (C=O) groups excluding carboxylic acids is 1. The van der Waals surface area contributed by atoms with Gasteiger partial charge >= 0.3 is 0 Å². The normalized spacial score (nSPS) is 14.9. The molecule has 0 spiro atoms. The molecular formula is C13H15BrN2OS. The van der Waals surface area contributed by atoms with Crippen LogP contribution < -0.4 is 11.1 Å². The molecule has 5 heteroatoms. The second-order valence-electron chi connectivity index (χ2n) is 4.61. The predicted octanol–water partition coefficient (Wildman–Crippen LogP) is 3.21. The summed E-state index contributed by atoms with van der Waals surface area (Å²) in [6, 6.07) is 5.45. The highest BCUT2D eigenvalue weighted by Gasteiger charge is 2.20. The zero-order valence-corrected chi connectivity index (χ0v) is 12.3. The van der Waals surface area contributed by atoms with E-state index in [-0.39, 0.29) is 5.91 Å². The lowest BCUT2D eigenvalue weighted by atomic mass is 9.83. The third-order valence-corrected chi connectivity index (χ3v) is 4.12. The van der Waals surface area contributed by atoms with Crippen molar-refractivity contribution in [3.05, 3.63) is 28.2 Å². The van der Waals surface area contributed by atoms with Gasteiger partial charge in [-0.05, 0) is 52.9 Å². The molecule has 18 heavy (non-hydrogen) atoms. The molecule has 1 aliphatic rings. The Hall–Kier alpha value is -0.940. The average Bonchev–Trinajstić information content (AvgIpc) is 2.26. The van der Waals surface area contributed by atoms with E-state index in [9.17, 15) is 4.79 Å². The smallest absolute Gasteiger partial charge is 0.224 e. The van der Waals surface area contributed by atoms with E-state index in [0.717, 1.165) is 15.7 Å². The number of nitrogens with one attached hydrogen (secondary N) is 1. The fraction of sp³-hybridized carbons (Fsp3) is 0.385. The lowest BCUT2D eigenvalue weighted by Gasteiger charge is -2.24. The van der Waals surface area contributed by atoms with Gasteiger partial charge in [-0.2, -0.15) is 0 Å². The SMILES string of the molecule is NC(=S)c1ccc(NC(=O)CC2CCC2)c(Br)c1. The van der Waals surface area contributed by atoms with Crippen LogP contribution in [0.3, 0.4) is 0 Å². The third kappa shape index (κ3) is 3.29. The van der Waals surface area contributed by atoms with Gasteiger partial charge in [-0.25, -0.2) is 0 Å². The van der Waals surface area contributed by atoms with E-state index in [1.54, 1.807) is 0 Å². The van der Waals surface area contributed by atoms with Crippen LogP contribution in [0.1, 0.15) is 31.2 Å². The number of anilines is 1. The maximum absolute atomic E-state index is 11.8. The molecule has 2 rings (SSSR count). The van der Waals surface area contributed by atoms with Gasteiger partial charge < -0.3 is 11.1 Å². The van der Waals surface area contributed by atoms with Gasteiger partial charge in [-0.3, -0.25) is 4.79 Å². The lowest BCUT2D eigenvalue weighted by molar-refractivity contribution is -0.117. The van der Waals surface area contributed by atoms with Crippen molar-refractivity contribution in [1.29, 1.82) is 0 Å². The lowest BCUT2D eigenvalue weighted by Crippen LogP contribution is -2.21. The first-order valence-corrected chi connectivity index (χ1v) is 7.15. The van der Waals surface area contributed by atoms with Crippen molar-refractivity contribution < 1.29 is 4.79 Å². The Balaban J connectivity index is 2.00. The fourth-order valence-corrected chi connectivity index (χ4v) is 2.53. The minimum Gasteiger partial charge on any atom is -0.389 e. The number of rotatable bonds is 4. The molecule has 0 radical (unpaired) electrons. The Morgan fingerprint density at radius 1 is 1.50 bits per heavy atom. The molecule has 1 aliphatic carbocycles. The second kappa shape index (κ2) is 5.80. The van der Waals surface area contributed by atoms with Crippen LogP contribution in [0.25, 0.3) is 0 Å². The highest BCUT2D eigenvalue weighted by atomic mass is 79.9. The molecule has 0 aromatic heterocycles. The number of thiocarbonyl (C=S) groups is 1. The summed E-state index contributed by atoms with van der Waals surface area (Å²) in [5, 5.41) is 2.91. The summed E-state index contributed by atoms with van der Waals surface area (Å²) in [5.74, 6) is 0.642. The zero-order valence-electron chi connectivity index (χ0n) is 9.91. The van der Waals surface area contributed by atoms with Crippen molar-refractivity contribution >= 4 is 44.7 Å². The maximum Gasteiger partial charge on any atom is 0.224 e. The molecule has 1 amide bonds. The van der Waals surface area contributed by atoms with Crippen molar-refractivity contribution in [3.8, 4) is 0 Å². The minimum atomic E-state index is 0.0727. The number of carbonyl (C=O) groups is 1. The molecule has 96 valence electrons. The maximum atomic E-state index is 11.8. The van der Waals surface area contributed by atoms with Crippen molar-refractivity contribution in [2.24, 2.45) is 11.7 Å². The molecule has 3 nitrogen and oxygen atoms in total. The van der Waals surface area contributed by atoms with Gasteiger partial charge in [-0.15, -0.1) is 0 Å². The molecular weight excluding hydrogens is 312 g/mol. The summed E-state index contributed by atoms with van der Waals surface area (Å²) in [6.07, 6.45) is 4.22. The number of hydrogen-bond donors (Lipinski definition) is 2. The highest BCUT2D eigenvalue weighted by molar-refractivity contribution is 9.10. The van der Waals surface area contributed by atoms with E-state index >= 15 is 0 Å². The number of nitrogens with two attached hydrogens (primary N) is 1. The highest BCUT2D eigenvalue weighted by Crippen LogP contribution is 2.30. The first-order chi connectivity index (χ1) is 8.56. The van der Waals surface area contributed by atoms with E-state index in [2.05, 4.69) is 21.2 Å². The molecule has 0 bridgehead atoms. The van der Waals surface area contributed by atoms with Crippen LogP contribution in [0.4, 0.5) is 5.69 Å². The van der Waals surface area contributed by atoms with Gasteiger partial charge in [0.1, 0.15) is 4.99 Å². The van der Waals surface area contributed by atoms with Crippen LogP contribution in [-0.4, -0.2) is 10.9 Å². The minimum absolute atomic E-state index is 0.0727. The van der Waals surface area contributed by atoms with Gasteiger partial charge in [0.15, 0.2) is 0 Å². The average molecular weight is 327 g/mol. The first-order valence-electron chi connectivity index (χ1n) is 5.95. The van der Waals surface area contributed by atoms with Gasteiger partial charge in [-0.1, -0.05) is 18.6 Å². The molecule has 3 N–H and O–H groups in total. The summed E-state index contributed by atoms with van der Waals surface area (Å²) in [5.41, 5.74) is 7.10. The quantitative estimate of drug-likeness (QED) is 0.835. The Labute approximate surface area is 120 Å². The standard InChI is InChI=1S/C13H15BrN2OS/c14-10-7-9(13(15)18)4-5-11(10)16-12(17)6-8-2-1-3-8/h4-5,7-8H,1-3,6H2,(H2,15,18)(H,16,17). The van der Waals surface area contributed by atoms with Crippen molar-refractivity contribution in [2.75, 3.05) is 5.32 Å². The van der Waals surface area contributed by atoms with Crippen LogP contribution in [0.5, 0.6) is 0 Å². The monoisotopic (exact) mass is 326 g/mol. The summed E-state index contributed by atoms with van der Waals surface area (Å²) in [6.45, 7) is 0. The Bertz CT molecular complexity index is 486. The Kier molecular flexibility index (Phi) is 4.35. The molecule has 0 aliphatic heterocycles. The van der Waals surface area contributed by atoms with E-state index in [0.29, 0.717) is 17.3 Å². The van der Waals surface area contributed by atoms with Crippen LogP contribution >= 0.6 is 28.1 Å². The van der Waals surface area contributed by atoms with Gasteiger partial charge in [0, 0.05) is 16.5 Å². The Morgan fingerprint density at radius 3 is 2.72 bits per heavy atom. The Morgan fingerprint density at radius 2 is 2.22 bits per heavy atom. The van der Waals surface area contributed by atoms with Gasteiger partial charge in [0.25, 0.3) is 0 Å². The van der Waals surface area contributed by atoms with E-state index < -0.39 is 0 Å². The molecule has 1 aromatic carbocycles. The molecule has 1 saturated carbocycles. The topological polar surface area (TPSA) is 55.1 Å². The molecule has 0 saturated heterocycles. The summed E-state index contributed by atoms with van der Waals surface area (Å²) >= 11 is 8.31. The van der Waals surface area contributed by atoms with Crippen LogP contribution in [0, 0.1) is 5.92 Å². The predicted molar refractivity (Wildman–Crippen MR) is 80.6 cm³/mol. The molecule has 0 unspecified atom stereocenters. The molecule has 1 aromatic rings. The largest absolute Gasteiger partial charge is 0.389 e.